The number of likely N-dealkylation sites (tertiary alicyclic amines) is 1. The van der Waals surface area contributed by atoms with Gasteiger partial charge >= 0.3 is 0 Å². The number of hydrogen-bond donors (Lipinski definition) is 2. The molecular formula is C22H25N3O4S. The van der Waals surface area contributed by atoms with E-state index < -0.39 is 10.0 Å². The van der Waals surface area contributed by atoms with Crippen LogP contribution in [-0.4, -0.2) is 44.8 Å². The van der Waals surface area contributed by atoms with Crippen molar-refractivity contribution in [1.82, 2.24) is 10.2 Å². The lowest BCUT2D eigenvalue weighted by Crippen LogP contribution is -2.45. The van der Waals surface area contributed by atoms with Gasteiger partial charge in [-0.25, -0.2) is 8.42 Å². The number of carbonyl (C=O) groups is 2. The maximum Gasteiger partial charge on any atom is 0.261 e. The van der Waals surface area contributed by atoms with E-state index >= 15 is 0 Å². The molecule has 1 saturated heterocycles. The molecule has 1 atom stereocenters. The highest BCUT2D eigenvalue weighted by Gasteiger charge is 2.28. The Morgan fingerprint density at radius 3 is 2.47 bits per heavy atom. The van der Waals surface area contributed by atoms with Gasteiger partial charge in [0.25, 0.3) is 15.9 Å². The molecule has 2 amide bonds. The molecule has 158 valence electrons. The molecule has 1 heterocycles. The van der Waals surface area contributed by atoms with Crippen LogP contribution >= 0.6 is 0 Å². The second kappa shape index (κ2) is 9.58. The number of piperidine rings is 1. The summed E-state index contributed by atoms with van der Waals surface area (Å²) in [6, 6.07) is 14.4. The molecule has 1 aliphatic rings. The normalized spacial score (nSPS) is 16.5. The molecule has 1 fully saturated rings. The van der Waals surface area contributed by atoms with Gasteiger partial charge in [0.15, 0.2) is 0 Å². The SMILES string of the molecule is C=CCNC(=O)C1CCCN(C(=O)c2ccc(NS(=O)(=O)c3ccccc3)cc2)C1. The van der Waals surface area contributed by atoms with Gasteiger partial charge in [0, 0.05) is 30.9 Å². The highest BCUT2D eigenvalue weighted by molar-refractivity contribution is 7.92. The van der Waals surface area contributed by atoms with E-state index in [1.165, 1.54) is 12.1 Å². The third kappa shape index (κ3) is 5.27. The van der Waals surface area contributed by atoms with Crippen molar-refractivity contribution in [3.63, 3.8) is 0 Å². The number of carbonyl (C=O) groups excluding carboxylic acids is 2. The second-order valence-electron chi connectivity index (χ2n) is 7.12. The van der Waals surface area contributed by atoms with Gasteiger partial charge in [-0.15, -0.1) is 6.58 Å². The maximum absolute atomic E-state index is 12.8. The topological polar surface area (TPSA) is 95.6 Å². The molecule has 8 heteroatoms. The Hall–Kier alpha value is -3.13. The first-order valence-electron chi connectivity index (χ1n) is 9.76. The quantitative estimate of drug-likeness (QED) is 0.664. The molecule has 0 aliphatic carbocycles. The van der Waals surface area contributed by atoms with Crippen molar-refractivity contribution in [3.05, 3.63) is 72.8 Å². The van der Waals surface area contributed by atoms with Gasteiger partial charge in [-0.05, 0) is 49.2 Å². The van der Waals surface area contributed by atoms with Crippen molar-refractivity contribution in [2.75, 3.05) is 24.4 Å². The lowest BCUT2D eigenvalue weighted by atomic mass is 9.96. The summed E-state index contributed by atoms with van der Waals surface area (Å²) in [4.78, 5) is 26.9. The van der Waals surface area contributed by atoms with Crippen LogP contribution in [0.2, 0.25) is 0 Å². The van der Waals surface area contributed by atoms with Crippen molar-refractivity contribution in [2.45, 2.75) is 17.7 Å². The first-order chi connectivity index (χ1) is 14.4. The van der Waals surface area contributed by atoms with E-state index in [2.05, 4.69) is 16.6 Å². The zero-order valence-corrected chi connectivity index (χ0v) is 17.4. The molecule has 0 saturated carbocycles. The summed E-state index contributed by atoms with van der Waals surface area (Å²) < 4.78 is 27.3. The minimum Gasteiger partial charge on any atom is -0.352 e. The Kier molecular flexibility index (Phi) is 6.89. The molecule has 2 aromatic carbocycles. The van der Waals surface area contributed by atoms with Gasteiger partial charge in [-0.2, -0.15) is 0 Å². The van der Waals surface area contributed by atoms with E-state index in [4.69, 9.17) is 0 Å². The number of nitrogens with zero attached hydrogens (tertiary/aromatic N) is 1. The van der Waals surface area contributed by atoms with Crippen molar-refractivity contribution < 1.29 is 18.0 Å². The smallest absolute Gasteiger partial charge is 0.261 e. The fourth-order valence-electron chi connectivity index (χ4n) is 3.37. The molecule has 2 aromatic rings. The molecule has 1 aliphatic heterocycles. The molecule has 0 bridgehead atoms. The Bertz CT molecular complexity index is 1000. The molecule has 7 nitrogen and oxygen atoms in total. The van der Waals surface area contributed by atoms with Gasteiger partial charge in [-0.3, -0.25) is 14.3 Å². The largest absolute Gasteiger partial charge is 0.352 e. The lowest BCUT2D eigenvalue weighted by molar-refractivity contribution is -0.126. The summed E-state index contributed by atoms with van der Waals surface area (Å²) in [6.07, 6.45) is 3.12. The van der Waals surface area contributed by atoms with E-state index in [1.807, 2.05) is 0 Å². The van der Waals surface area contributed by atoms with E-state index in [0.717, 1.165) is 12.8 Å². The summed E-state index contributed by atoms with van der Waals surface area (Å²) in [5.41, 5.74) is 0.820. The van der Waals surface area contributed by atoms with E-state index in [9.17, 15) is 18.0 Å². The van der Waals surface area contributed by atoms with Gasteiger partial charge in [-0.1, -0.05) is 24.3 Å². The third-order valence-electron chi connectivity index (χ3n) is 4.94. The fourth-order valence-corrected chi connectivity index (χ4v) is 4.45. The maximum atomic E-state index is 12.8. The molecule has 0 spiro atoms. The Labute approximate surface area is 176 Å². The fraction of sp³-hybridized carbons (Fsp3) is 0.273. The van der Waals surface area contributed by atoms with Crippen molar-refractivity contribution >= 4 is 27.5 Å². The molecular weight excluding hydrogens is 402 g/mol. The number of benzene rings is 2. The number of hydrogen-bond acceptors (Lipinski definition) is 4. The standard InChI is InChI=1S/C22H25N3O4S/c1-2-14-23-21(26)18-7-6-15-25(16-18)22(27)17-10-12-19(13-11-17)24-30(28,29)20-8-4-3-5-9-20/h2-5,8-13,18,24H,1,6-7,14-16H2,(H,23,26). The van der Waals surface area contributed by atoms with Gasteiger partial charge in [0.2, 0.25) is 5.91 Å². The monoisotopic (exact) mass is 427 g/mol. The van der Waals surface area contributed by atoms with Crippen LogP contribution in [0.25, 0.3) is 0 Å². The molecule has 1 unspecified atom stereocenters. The number of anilines is 1. The molecule has 2 N–H and O–H groups in total. The first-order valence-corrected chi connectivity index (χ1v) is 11.2. The average Bonchev–Trinajstić information content (AvgIpc) is 2.78. The Balaban J connectivity index is 1.65. The Morgan fingerprint density at radius 2 is 1.80 bits per heavy atom. The second-order valence-corrected chi connectivity index (χ2v) is 8.80. The highest BCUT2D eigenvalue weighted by Crippen LogP contribution is 2.21. The average molecular weight is 428 g/mol. The van der Waals surface area contributed by atoms with Crippen LogP contribution < -0.4 is 10.0 Å². The predicted molar refractivity (Wildman–Crippen MR) is 116 cm³/mol. The molecule has 30 heavy (non-hydrogen) atoms. The number of amides is 2. The van der Waals surface area contributed by atoms with Crippen LogP contribution in [0.1, 0.15) is 23.2 Å². The predicted octanol–water partition coefficient (Wildman–Crippen LogP) is 2.64. The molecule has 0 radical (unpaired) electrons. The van der Waals surface area contributed by atoms with Crippen LogP contribution in [0.5, 0.6) is 0 Å². The summed E-state index contributed by atoms with van der Waals surface area (Å²) >= 11 is 0. The lowest BCUT2D eigenvalue weighted by Gasteiger charge is -2.32. The van der Waals surface area contributed by atoms with E-state index in [0.29, 0.717) is 30.9 Å². The number of rotatable bonds is 7. The van der Waals surface area contributed by atoms with Crippen molar-refractivity contribution in [2.24, 2.45) is 5.92 Å². The highest BCUT2D eigenvalue weighted by atomic mass is 32.2. The third-order valence-corrected chi connectivity index (χ3v) is 6.33. The number of sulfonamides is 1. The summed E-state index contributed by atoms with van der Waals surface area (Å²) in [6.45, 7) is 4.95. The number of nitrogens with one attached hydrogen (secondary N) is 2. The van der Waals surface area contributed by atoms with Crippen molar-refractivity contribution in [1.29, 1.82) is 0 Å². The minimum absolute atomic E-state index is 0.0712. The summed E-state index contributed by atoms with van der Waals surface area (Å²) in [5, 5.41) is 2.78. The first kappa shape index (κ1) is 21.6. The van der Waals surface area contributed by atoms with Crippen molar-refractivity contribution in [3.8, 4) is 0 Å². The van der Waals surface area contributed by atoms with E-state index in [1.54, 1.807) is 53.4 Å². The zero-order chi connectivity index (χ0) is 21.6. The van der Waals surface area contributed by atoms with Crippen LogP contribution in [0, 0.1) is 5.92 Å². The van der Waals surface area contributed by atoms with Gasteiger partial charge in [0.1, 0.15) is 0 Å². The molecule has 3 rings (SSSR count). The summed E-state index contributed by atoms with van der Waals surface area (Å²) in [5.74, 6) is -0.480. The van der Waals surface area contributed by atoms with Crippen LogP contribution in [-0.2, 0) is 14.8 Å². The minimum atomic E-state index is -3.69. The van der Waals surface area contributed by atoms with E-state index in [-0.39, 0.29) is 22.6 Å². The Morgan fingerprint density at radius 1 is 1.10 bits per heavy atom. The molecule has 0 aromatic heterocycles. The summed E-state index contributed by atoms with van der Waals surface area (Å²) in [7, 11) is -3.69. The van der Waals surface area contributed by atoms with Gasteiger partial charge < -0.3 is 10.2 Å². The van der Waals surface area contributed by atoms with Crippen LogP contribution in [0.3, 0.4) is 0 Å². The zero-order valence-electron chi connectivity index (χ0n) is 16.6. The van der Waals surface area contributed by atoms with Gasteiger partial charge in [0.05, 0.1) is 10.8 Å². The van der Waals surface area contributed by atoms with Crippen LogP contribution in [0.15, 0.2) is 72.1 Å². The van der Waals surface area contributed by atoms with Crippen LogP contribution in [0.4, 0.5) is 5.69 Å².